The molecular weight excluding hydrogens is 337 g/mol. The van der Waals surface area contributed by atoms with Gasteiger partial charge in [0.15, 0.2) is 0 Å². The van der Waals surface area contributed by atoms with Gasteiger partial charge in [0, 0.05) is 7.05 Å². The number of hydrogen-bond donors (Lipinski definition) is 1. The zero-order chi connectivity index (χ0) is 18.7. The molecule has 0 bridgehead atoms. The van der Waals surface area contributed by atoms with Gasteiger partial charge in [-0.1, -0.05) is 0 Å². The molecule has 12 heteroatoms. The molecule has 2 rings (SSSR count). The van der Waals surface area contributed by atoms with E-state index in [0.717, 1.165) is 21.8 Å². The molecular formula is C13H16FN7O4. The summed E-state index contributed by atoms with van der Waals surface area (Å²) in [4.78, 5) is 22.3. The van der Waals surface area contributed by atoms with Crippen LogP contribution in [0.15, 0.2) is 11.3 Å². The molecule has 0 aromatic carbocycles. The van der Waals surface area contributed by atoms with Crippen LogP contribution in [-0.2, 0) is 11.8 Å². The zero-order valence-electron chi connectivity index (χ0n) is 13.9. The van der Waals surface area contributed by atoms with Gasteiger partial charge < -0.3 is 4.74 Å². The fraction of sp³-hybridized carbons (Fsp3) is 0.385. The van der Waals surface area contributed by atoms with Gasteiger partial charge in [-0.25, -0.2) is 14.8 Å². The van der Waals surface area contributed by atoms with E-state index in [4.69, 9.17) is 4.74 Å². The monoisotopic (exact) mass is 353 g/mol. The summed E-state index contributed by atoms with van der Waals surface area (Å²) in [5, 5.41) is 22.3. The van der Waals surface area contributed by atoms with Crippen molar-refractivity contribution in [3.05, 3.63) is 33.5 Å². The molecule has 1 N–H and O–H groups in total. The van der Waals surface area contributed by atoms with Gasteiger partial charge in [0.2, 0.25) is 5.95 Å². The molecule has 0 radical (unpaired) electrons. The van der Waals surface area contributed by atoms with E-state index in [1.165, 1.54) is 21.1 Å². The highest BCUT2D eigenvalue weighted by Gasteiger charge is 2.25. The molecule has 1 atom stereocenters. The van der Waals surface area contributed by atoms with Gasteiger partial charge in [-0.3, -0.25) is 14.9 Å². The number of carbonyl (C=O) groups excluding carboxylic acids is 1. The largest absolute Gasteiger partial charge is 0.475 e. The van der Waals surface area contributed by atoms with Crippen molar-refractivity contribution in [1.29, 1.82) is 0 Å². The quantitative estimate of drug-likeness (QED) is 0.462. The molecule has 2 heterocycles. The number of nitrogens with zero attached hydrogens (tertiary/aromatic N) is 6. The fourth-order valence-electron chi connectivity index (χ4n) is 2.00. The third-order valence-electron chi connectivity index (χ3n) is 3.41. The van der Waals surface area contributed by atoms with Crippen LogP contribution >= 0.6 is 0 Å². The predicted molar refractivity (Wildman–Crippen MR) is 83.8 cm³/mol. The Bertz CT molecular complexity index is 842. The molecule has 0 spiro atoms. The second-order valence-electron chi connectivity index (χ2n) is 5.08. The van der Waals surface area contributed by atoms with E-state index >= 15 is 0 Å². The molecule has 1 amide bonds. The smallest absolute Gasteiger partial charge is 0.350 e. The Morgan fingerprint density at radius 3 is 2.72 bits per heavy atom. The molecule has 0 aliphatic carbocycles. The first kappa shape index (κ1) is 18.0. The number of nitro groups is 1. The van der Waals surface area contributed by atoms with Crippen molar-refractivity contribution in [2.24, 2.45) is 12.1 Å². The maximum atomic E-state index is 13.7. The molecule has 134 valence electrons. The van der Waals surface area contributed by atoms with E-state index in [2.05, 4.69) is 20.7 Å². The number of nitrogens with one attached hydrogen (secondary N) is 1. The Morgan fingerprint density at radius 1 is 1.56 bits per heavy atom. The van der Waals surface area contributed by atoms with Crippen molar-refractivity contribution in [2.45, 2.75) is 19.9 Å². The third kappa shape index (κ3) is 3.62. The Kier molecular flexibility index (Phi) is 5.10. The minimum absolute atomic E-state index is 0.145. The number of ether oxygens (including phenoxy) is 1. The van der Waals surface area contributed by atoms with E-state index < -0.39 is 22.8 Å². The van der Waals surface area contributed by atoms with E-state index in [1.54, 1.807) is 6.92 Å². The van der Waals surface area contributed by atoms with Crippen molar-refractivity contribution in [1.82, 2.24) is 25.0 Å². The van der Waals surface area contributed by atoms with Crippen LogP contribution in [0.25, 0.3) is 0 Å². The third-order valence-corrected chi connectivity index (χ3v) is 3.41. The number of carbonyl (C=O) groups is 1. The van der Waals surface area contributed by atoms with Crippen molar-refractivity contribution < 1.29 is 18.8 Å². The van der Waals surface area contributed by atoms with Gasteiger partial charge in [-0.15, -0.1) is 5.10 Å². The van der Waals surface area contributed by atoms with E-state index in [9.17, 15) is 19.3 Å². The van der Waals surface area contributed by atoms with Gasteiger partial charge in [-0.05, 0) is 13.8 Å². The highest BCUT2D eigenvalue weighted by Crippen LogP contribution is 2.25. The van der Waals surface area contributed by atoms with Crippen molar-refractivity contribution in [3.8, 4) is 5.88 Å². The lowest BCUT2D eigenvalue weighted by Gasteiger charge is -2.09. The van der Waals surface area contributed by atoms with Crippen LogP contribution in [0.1, 0.15) is 24.2 Å². The number of aromatic nitrogens is 4. The Hall–Kier alpha value is -3.31. The van der Waals surface area contributed by atoms with Crippen LogP contribution < -0.4 is 10.2 Å². The summed E-state index contributed by atoms with van der Waals surface area (Å²) in [6.45, 7) is 3.07. The summed E-state index contributed by atoms with van der Waals surface area (Å²) >= 11 is 0. The van der Waals surface area contributed by atoms with Gasteiger partial charge in [0.25, 0.3) is 5.91 Å². The maximum Gasteiger partial charge on any atom is 0.350 e. The average Bonchev–Trinajstić information content (AvgIpc) is 3.10. The van der Waals surface area contributed by atoms with Crippen LogP contribution in [-0.4, -0.2) is 43.7 Å². The highest BCUT2D eigenvalue weighted by atomic mass is 19.1. The maximum absolute atomic E-state index is 13.7. The lowest BCUT2D eigenvalue weighted by molar-refractivity contribution is -0.385. The normalized spacial score (nSPS) is 12.4. The second-order valence-corrected chi connectivity index (χ2v) is 5.08. The van der Waals surface area contributed by atoms with Gasteiger partial charge >= 0.3 is 11.6 Å². The van der Waals surface area contributed by atoms with Gasteiger partial charge in [0.1, 0.15) is 12.2 Å². The number of hydrazone groups is 1. The SMILES string of the molecule is COc1nn(C(C)C(=O)N/N=C/c2c(C)nn(C)c2F)cc1[N+](=O)[O-]. The van der Waals surface area contributed by atoms with Crippen molar-refractivity contribution >= 4 is 17.8 Å². The standard InChI is InChI=1S/C13H16FN7O4/c1-7-9(11(14)19(3)17-7)5-15-16-12(22)8(2)20-6-10(21(23)24)13(18-20)25-4/h5-6,8H,1-4H3,(H,16,22)/b15-5+. The Balaban J connectivity index is 2.10. The van der Waals surface area contributed by atoms with Crippen molar-refractivity contribution in [3.63, 3.8) is 0 Å². The molecule has 25 heavy (non-hydrogen) atoms. The number of aryl methyl sites for hydroxylation is 2. The van der Waals surface area contributed by atoms with Crippen LogP contribution in [0, 0.1) is 23.0 Å². The van der Waals surface area contributed by atoms with Gasteiger partial charge in [-0.2, -0.15) is 14.6 Å². The first-order chi connectivity index (χ1) is 11.8. The van der Waals surface area contributed by atoms with Crippen LogP contribution in [0.4, 0.5) is 10.1 Å². The molecule has 2 aromatic rings. The van der Waals surface area contributed by atoms with Crippen LogP contribution in [0.3, 0.4) is 0 Å². The molecule has 0 aliphatic heterocycles. The predicted octanol–water partition coefficient (Wildman–Crippen LogP) is 0.692. The molecule has 11 nitrogen and oxygen atoms in total. The number of amides is 1. The molecule has 0 aliphatic rings. The first-order valence-corrected chi connectivity index (χ1v) is 7.05. The molecule has 0 saturated carbocycles. The lowest BCUT2D eigenvalue weighted by atomic mass is 10.3. The molecule has 0 saturated heterocycles. The Morgan fingerprint density at radius 2 is 2.24 bits per heavy atom. The van der Waals surface area contributed by atoms with E-state index in [1.807, 2.05) is 0 Å². The molecule has 0 fully saturated rings. The summed E-state index contributed by atoms with van der Waals surface area (Å²) in [7, 11) is 2.68. The van der Waals surface area contributed by atoms with Crippen molar-refractivity contribution in [2.75, 3.05) is 7.11 Å². The summed E-state index contributed by atoms with van der Waals surface area (Å²) in [5.74, 6) is -1.39. The minimum Gasteiger partial charge on any atom is -0.475 e. The minimum atomic E-state index is -0.903. The van der Waals surface area contributed by atoms with Crippen LogP contribution in [0.5, 0.6) is 5.88 Å². The summed E-state index contributed by atoms with van der Waals surface area (Å²) in [5.41, 5.74) is 2.42. The second kappa shape index (κ2) is 7.07. The zero-order valence-corrected chi connectivity index (χ0v) is 13.9. The topological polar surface area (TPSA) is 129 Å². The number of halogens is 1. The highest BCUT2D eigenvalue weighted by molar-refractivity contribution is 5.84. The number of methoxy groups -OCH3 is 1. The van der Waals surface area contributed by atoms with E-state index in [-0.39, 0.29) is 17.1 Å². The lowest BCUT2D eigenvalue weighted by Crippen LogP contribution is -2.27. The summed E-state index contributed by atoms with van der Waals surface area (Å²) in [6.07, 6.45) is 2.21. The molecule has 2 aromatic heterocycles. The summed E-state index contributed by atoms with van der Waals surface area (Å²) in [6, 6.07) is -0.903. The van der Waals surface area contributed by atoms with E-state index in [0.29, 0.717) is 5.69 Å². The summed E-state index contributed by atoms with van der Waals surface area (Å²) < 4.78 is 20.7. The Labute approximate surface area is 141 Å². The fourth-order valence-corrected chi connectivity index (χ4v) is 2.00. The first-order valence-electron chi connectivity index (χ1n) is 7.05. The number of hydrogen-bond acceptors (Lipinski definition) is 7. The van der Waals surface area contributed by atoms with Gasteiger partial charge in [0.05, 0.1) is 29.5 Å². The average molecular weight is 353 g/mol. The molecule has 1 unspecified atom stereocenters. The van der Waals surface area contributed by atoms with Crippen LogP contribution in [0.2, 0.25) is 0 Å². The number of rotatable bonds is 6.